The summed E-state index contributed by atoms with van der Waals surface area (Å²) < 4.78 is 12.9. The van der Waals surface area contributed by atoms with Gasteiger partial charge in [0.25, 0.3) is 0 Å². The minimum Gasteiger partial charge on any atom is -0.398 e. The number of hydrogen-bond donors (Lipinski definition) is 2. The van der Waals surface area contributed by atoms with Crippen LogP contribution in [0.2, 0.25) is 0 Å². The predicted octanol–water partition coefficient (Wildman–Crippen LogP) is 1.80. The van der Waals surface area contributed by atoms with Crippen LogP contribution in [0.4, 0.5) is 10.1 Å². The molecule has 4 heteroatoms. The van der Waals surface area contributed by atoms with E-state index in [9.17, 15) is 4.39 Å². The second-order valence-corrected chi connectivity index (χ2v) is 3.85. The molecule has 0 aromatic heterocycles. The van der Waals surface area contributed by atoms with E-state index in [4.69, 9.17) is 10.8 Å². The van der Waals surface area contributed by atoms with Gasteiger partial charge < -0.3 is 10.8 Å². The van der Waals surface area contributed by atoms with Crippen molar-refractivity contribution in [3.05, 3.63) is 23.5 Å². The molecular weight excluding hydrogens is 189 g/mol. The van der Waals surface area contributed by atoms with Gasteiger partial charge in [-0.25, -0.2) is 4.39 Å². The fraction of sp³-hybridized carbons (Fsp3) is 0.333. The number of halogens is 1. The van der Waals surface area contributed by atoms with Crippen LogP contribution in [-0.4, -0.2) is 17.5 Å². The summed E-state index contributed by atoms with van der Waals surface area (Å²) in [5.74, 6) is 0.292. The van der Waals surface area contributed by atoms with Crippen molar-refractivity contribution in [2.75, 3.05) is 18.1 Å². The van der Waals surface area contributed by atoms with Crippen molar-refractivity contribution < 1.29 is 9.50 Å². The molecule has 0 aliphatic heterocycles. The highest BCUT2D eigenvalue weighted by molar-refractivity contribution is 7.99. The van der Waals surface area contributed by atoms with Crippen LogP contribution in [-0.2, 0) is 0 Å². The standard InChI is InChI=1S/C9H12FNOS/c1-6-4-9(13-3-2-12)8(11)5-7(6)10/h4-5,12H,2-3,11H2,1H3. The van der Waals surface area contributed by atoms with E-state index in [1.165, 1.54) is 17.8 Å². The predicted molar refractivity (Wildman–Crippen MR) is 53.4 cm³/mol. The highest BCUT2D eigenvalue weighted by Crippen LogP contribution is 2.27. The third-order valence-electron chi connectivity index (χ3n) is 1.64. The molecule has 0 heterocycles. The summed E-state index contributed by atoms with van der Waals surface area (Å²) >= 11 is 1.43. The Bertz CT molecular complexity index is 304. The summed E-state index contributed by atoms with van der Waals surface area (Å²) in [5, 5.41) is 8.61. The fourth-order valence-corrected chi connectivity index (χ4v) is 1.75. The molecule has 1 aromatic rings. The van der Waals surface area contributed by atoms with E-state index < -0.39 is 0 Å². The van der Waals surface area contributed by atoms with E-state index >= 15 is 0 Å². The molecule has 1 aromatic carbocycles. The number of hydrogen-bond acceptors (Lipinski definition) is 3. The lowest BCUT2D eigenvalue weighted by Gasteiger charge is -2.06. The second kappa shape index (κ2) is 4.48. The van der Waals surface area contributed by atoms with E-state index in [0.29, 0.717) is 17.0 Å². The van der Waals surface area contributed by atoms with E-state index in [1.54, 1.807) is 13.0 Å². The molecule has 1 rings (SSSR count). The first-order valence-electron chi connectivity index (χ1n) is 3.94. The smallest absolute Gasteiger partial charge is 0.128 e. The molecule has 0 saturated carbocycles. The number of anilines is 1. The van der Waals surface area contributed by atoms with Crippen LogP contribution < -0.4 is 5.73 Å². The van der Waals surface area contributed by atoms with Gasteiger partial charge in [0.2, 0.25) is 0 Å². The van der Waals surface area contributed by atoms with E-state index in [1.807, 2.05) is 0 Å². The van der Waals surface area contributed by atoms with Gasteiger partial charge >= 0.3 is 0 Å². The molecule has 0 fully saturated rings. The SMILES string of the molecule is Cc1cc(SCCO)c(N)cc1F. The van der Waals surface area contributed by atoms with Gasteiger partial charge in [0, 0.05) is 16.3 Å². The number of aryl methyl sites for hydroxylation is 1. The van der Waals surface area contributed by atoms with E-state index in [-0.39, 0.29) is 12.4 Å². The molecule has 0 amide bonds. The molecular formula is C9H12FNOS. The molecule has 72 valence electrons. The molecule has 0 radical (unpaired) electrons. The lowest BCUT2D eigenvalue weighted by Crippen LogP contribution is -1.94. The van der Waals surface area contributed by atoms with Crippen LogP contribution in [0, 0.1) is 12.7 Å². The minimum absolute atomic E-state index is 0.0977. The van der Waals surface area contributed by atoms with Gasteiger partial charge in [-0.05, 0) is 24.6 Å². The molecule has 0 aliphatic rings. The van der Waals surface area contributed by atoms with Gasteiger partial charge in [-0.15, -0.1) is 11.8 Å². The van der Waals surface area contributed by atoms with E-state index in [0.717, 1.165) is 4.90 Å². The molecule has 0 saturated heterocycles. The average Bonchev–Trinajstić information content (AvgIpc) is 2.09. The van der Waals surface area contributed by atoms with Crippen molar-refractivity contribution in [3.8, 4) is 0 Å². The summed E-state index contributed by atoms with van der Waals surface area (Å²) in [5.41, 5.74) is 6.60. The molecule has 0 spiro atoms. The van der Waals surface area contributed by atoms with Gasteiger partial charge in [0.15, 0.2) is 0 Å². The second-order valence-electron chi connectivity index (χ2n) is 2.71. The summed E-state index contributed by atoms with van der Waals surface area (Å²) in [6.07, 6.45) is 0. The number of thioether (sulfide) groups is 1. The zero-order valence-corrected chi connectivity index (χ0v) is 8.20. The monoisotopic (exact) mass is 201 g/mol. The number of benzene rings is 1. The summed E-state index contributed by atoms with van der Waals surface area (Å²) in [4.78, 5) is 0.827. The van der Waals surface area contributed by atoms with Gasteiger partial charge in [-0.1, -0.05) is 0 Å². The Morgan fingerprint density at radius 1 is 1.54 bits per heavy atom. The minimum atomic E-state index is -0.286. The topological polar surface area (TPSA) is 46.2 Å². The maximum Gasteiger partial charge on any atom is 0.128 e. The number of aliphatic hydroxyl groups is 1. The van der Waals surface area contributed by atoms with Crippen molar-refractivity contribution in [2.24, 2.45) is 0 Å². The van der Waals surface area contributed by atoms with Crippen molar-refractivity contribution in [1.82, 2.24) is 0 Å². The third-order valence-corrected chi connectivity index (χ3v) is 2.69. The Balaban J connectivity index is 2.88. The molecule has 3 N–H and O–H groups in total. The summed E-state index contributed by atoms with van der Waals surface area (Å²) in [6.45, 7) is 1.79. The van der Waals surface area contributed by atoms with Crippen LogP contribution in [0.1, 0.15) is 5.56 Å². The summed E-state index contributed by atoms with van der Waals surface area (Å²) in [6, 6.07) is 3.01. The van der Waals surface area contributed by atoms with Crippen molar-refractivity contribution in [2.45, 2.75) is 11.8 Å². The Hall–Kier alpha value is -0.740. The van der Waals surface area contributed by atoms with Crippen LogP contribution in [0.3, 0.4) is 0 Å². The Morgan fingerprint density at radius 2 is 2.23 bits per heavy atom. The van der Waals surface area contributed by atoms with Crippen molar-refractivity contribution >= 4 is 17.4 Å². The van der Waals surface area contributed by atoms with Crippen LogP contribution in [0.25, 0.3) is 0 Å². The number of nitrogen functional groups attached to an aromatic ring is 1. The molecule has 0 unspecified atom stereocenters. The third kappa shape index (κ3) is 2.60. The molecule has 0 atom stereocenters. The van der Waals surface area contributed by atoms with Crippen molar-refractivity contribution in [3.63, 3.8) is 0 Å². The number of nitrogens with two attached hydrogens (primary N) is 1. The van der Waals surface area contributed by atoms with E-state index in [2.05, 4.69) is 0 Å². The first-order valence-corrected chi connectivity index (χ1v) is 4.93. The maximum absolute atomic E-state index is 12.9. The van der Waals surface area contributed by atoms with Crippen LogP contribution in [0.5, 0.6) is 0 Å². The first-order chi connectivity index (χ1) is 6.15. The number of rotatable bonds is 3. The number of aliphatic hydroxyl groups excluding tert-OH is 1. The Labute approximate surface area is 80.9 Å². The van der Waals surface area contributed by atoms with Gasteiger partial charge in [0.05, 0.1) is 6.61 Å². The first kappa shape index (κ1) is 10.3. The van der Waals surface area contributed by atoms with Crippen molar-refractivity contribution in [1.29, 1.82) is 0 Å². The highest BCUT2D eigenvalue weighted by Gasteiger charge is 2.04. The molecule has 0 aliphatic carbocycles. The van der Waals surface area contributed by atoms with Gasteiger partial charge in [0.1, 0.15) is 5.82 Å². The van der Waals surface area contributed by atoms with Gasteiger partial charge in [-0.2, -0.15) is 0 Å². The molecule has 13 heavy (non-hydrogen) atoms. The zero-order chi connectivity index (χ0) is 9.84. The van der Waals surface area contributed by atoms with Crippen LogP contribution in [0.15, 0.2) is 17.0 Å². The van der Waals surface area contributed by atoms with Crippen LogP contribution >= 0.6 is 11.8 Å². The average molecular weight is 201 g/mol. The lowest BCUT2D eigenvalue weighted by molar-refractivity contribution is 0.322. The molecule has 2 nitrogen and oxygen atoms in total. The molecule has 0 bridgehead atoms. The largest absolute Gasteiger partial charge is 0.398 e. The zero-order valence-electron chi connectivity index (χ0n) is 7.38. The normalized spacial score (nSPS) is 10.4. The quantitative estimate of drug-likeness (QED) is 0.579. The highest BCUT2D eigenvalue weighted by atomic mass is 32.2. The maximum atomic E-state index is 12.9. The lowest BCUT2D eigenvalue weighted by atomic mass is 10.2. The Morgan fingerprint density at radius 3 is 2.85 bits per heavy atom. The summed E-state index contributed by atoms with van der Waals surface area (Å²) in [7, 11) is 0. The van der Waals surface area contributed by atoms with Gasteiger partial charge in [-0.3, -0.25) is 0 Å². The fourth-order valence-electron chi connectivity index (χ4n) is 0.951. The Kier molecular flexibility index (Phi) is 3.57.